The first kappa shape index (κ1) is 18.9. The molecule has 0 radical (unpaired) electrons. The van der Waals surface area contributed by atoms with Gasteiger partial charge in [-0.05, 0) is 30.9 Å². The molecule has 1 aliphatic heterocycles. The maximum atomic E-state index is 12.8. The van der Waals surface area contributed by atoms with Gasteiger partial charge in [0.25, 0.3) is 5.56 Å². The highest BCUT2D eigenvalue weighted by Gasteiger charge is 2.18. The number of amides is 1. The van der Waals surface area contributed by atoms with E-state index in [1.807, 2.05) is 18.2 Å². The van der Waals surface area contributed by atoms with Crippen LogP contribution in [0.15, 0.2) is 35.4 Å². The minimum absolute atomic E-state index is 0.0941. The van der Waals surface area contributed by atoms with Crippen molar-refractivity contribution in [1.29, 1.82) is 0 Å². The SMILES string of the molecule is O=C(Cn1cnc2nc(N3CCCCC3)sc2c1=O)NCc1ccccc1Cl. The summed E-state index contributed by atoms with van der Waals surface area (Å²) in [6, 6.07) is 7.32. The van der Waals surface area contributed by atoms with E-state index in [1.165, 1.54) is 28.7 Å². The van der Waals surface area contributed by atoms with E-state index < -0.39 is 0 Å². The lowest BCUT2D eigenvalue weighted by Crippen LogP contribution is -2.32. The van der Waals surface area contributed by atoms with Crippen molar-refractivity contribution in [2.75, 3.05) is 18.0 Å². The van der Waals surface area contributed by atoms with E-state index in [-0.39, 0.29) is 18.0 Å². The molecule has 28 heavy (non-hydrogen) atoms. The summed E-state index contributed by atoms with van der Waals surface area (Å²) in [4.78, 5) is 36.0. The Labute approximate surface area is 171 Å². The Kier molecular flexibility index (Phi) is 5.59. The number of aromatic nitrogens is 3. The van der Waals surface area contributed by atoms with Crippen molar-refractivity contribution >= 4 is 44.3 Å². The fraction of sp³-hybridized carbons (Fsp3) is 0.368. The van der Waals surface area contributed by atoms with Crippen molar-refractivity contribution < 1.29 is 4.79 Å². The minimum Gasteiger partial charge on any atom is -0.350 e. The van der Waals surface area contributed by atoms with E-state index in [0.29, 0.717) is 21.9 Å². The Morgan fingerprint density at radius 3 is 2.79 bits per heavy atom. The lowest BCUT2D eigenvalue weighted by molar-refractivity contribution is -0.121. The third kappa shape index (κ3) is 4.02. The number of anilines is 1. The Balaban J connectivity index is 1.47. The molecule has 1 saturated heterocycles. The Bertz CT molecular complexity index is 1060. The van der Waals surface area contributed by atoms with Crippen molar-refractivity contribution in [3.63, 3.8) is 0 Å². The van der Waals surface area contributed by atoms with E-state index in [2.05, 4.69) is 20.2 Å². The zero-order chi connectivity index (χ0) is 19.5. The second kappa shape index (κ2) is 8.28. The highest BCUT2D eigenvalue weighted by molar-refractivity contribution is 7.22. The van der Waals surface area contributed by atoms with E-state index in [0.717, 1.165) is 36.6 Å². The molecule has 7 nitrogen and oxygen atoms in total. The minimum atomic E-state index is -0.274. The van der Waals surface area contributed by atoms with Gasteiger partial charge in [0.2, 0.25) is 5.91 Å². The molecule has 1 fully saturated rings. The Hall–Kier alpha value is -2.45. The molecular formula is C19H20ClN5O2S. The molecule has 0 unspecified atom stereocenters. The molecule has 1 N–H and O–H groups in total. The molecule has 0 atom stereocenters. The van der Waals surface area contributed by atoms with Crippen LogP contribution in [0, 0.1) is 0 Å². The van der Waals surface area contributed by atoms with Crippen LogP contribution in [0.25, 0.3) is 10.3 Å². The zero-order valence-electron chi connectivity index (χ0n) is 15.2. The van der Waals surface area contributed by atoms with Crippen molar-refractivity contribution in [3.8, 4) is 0 Å². The van der Waals surface area contributed by atoms with Gasteiger partial charge in [-0.25, -0.2) is 4.98 Å². The summed E-state index contributed by atoms with van der Waals surface area (Å²) in [5.41, 5.74) is 1.04. The summed E-state index contributed by atoms with van der Waals surface area (Å²) in [5.74, 6) is -0.274. The van der Waals surface area contributed by atoms with E-state index >= 15 is 0 Å². The highest BCUT2D eigenvalue weighted by Crippen LogP contribution is 2.27. The van der Waals surface area contributed by atoms with Gasteiger partial charge in [-0.15, -0.1) is 0 Å². The average Bonchev–Trinajstić information content (AvgIpc) is 3.15. The monoisotopic (exact) mass is 417 g/mol. The molecule has 1 aliphatic rings. The van der Waals surface area contributed by atoms with Crippen molar-refractivity contribution in [2.24, 2.45) is 0 Å². The predicted molar refractivity (Wildman–Crippen MR) is 111 cm³/mol. The third-order valence-electron chi connectivity index (χ3n) is 4.75. The highest BCUT2D eigenvalue weighted by atomic mass is 35.5. The van der Waals surface area contributed by atoms with Crippen molar-refractivity contribution in [3.05, 3.63) is 51.5 Å². The number of halogens is 1. The first-order chi connectivity index (χ1) is 13.6. The first-order valence-electron chi connectivity index (χ1n) is 9.23. The number of nitrogens with zero attached hydrogens (tertiary/aromatic N) is 4. The lowest BCUT2D eigenvalue weighted by Gasteiger charge is -2.25. The summed E-state index contributed by atoms with van der Waals surface area (Å²) in [6.07, 6.45) is 4.90. The predicted octanol–water partition coefficient (Wildman–Crippen LogP) is 2.81. The maximum Gasteiger partial charge on any atom is 0.273 e. The number of thiazole rings is 1. The van der Waals surface area contributed by atoms with E-state index in [4.69, 9.17) is 11.6 Å². The lowest BCUT2D eigenvalue weighted by atomic mass is 10.1. The van der Waals surface area contributed by atoms with Gasteiger partial charge in [-0.1, -0.05) is 41.1 Å². The molecule has 0 spiro atoms. The van der Waals surface area contributed by atoms with Crippen LogP contribution in [0.3, 0.4) is 0 Å². The number of nitrogens with one attached hydrogen (secondary N) is 1. The molecular weight excluding hydrogens is 398 g/mol. The molecule has 3 heterocycles. The van der Waals surface area contributed by atoms with Crippen LogP contribution >= 0.6 is 22.9 Å². The molecule has 2 aromatic heterocycles. The number of carbonyl (C=O) groups excluding carboxylic acids is 1. The van der Waals surface area contributed by atoms with E-state index in [1.54, 1.807) is 6.07 Å². The summed E-state index contributed by atoms with van der Waals surface area (Å²) in [7, 11) is 0. The van der Waals surface area contributed by atoms with Gasteiger partial charge in [0.05, 0.1) is 0 Å². The zero-order valence-corrected chi connectivity index (χ0v) is 16.8. The van der Waals surface area contributed by atoms with Crippen LogP contribution in [0.4, 0.5) is 5.13 Å². The van der Waals surface area contributed by atoms with Crippen LogP contribution in [0.2, 0.25) is 5.02 Å². The van der Waals surface area contributed by atoms with Crippen molar-refractivity contribution in [2.45, 2.75) is 32.4 Å². The van der Waals surface area contributed by atoms with E-state index in [9.17, 15) is 9.59 Å². The normalized spacial score (nSPS) is 14.4. The fourth-order valence-electron chi connectivity index (χ4n) is 3.21. The number of carbonyl (C=O) groups is 1. The molecule has 146 valence electrons. The molecule has 1 aromatic carbocycles. The van der Waals surface area contributed by atoms with Crippen LogP contribution in [-0.2, 0) is 17.9 Å². The second-order valence-electron chi connectivity index (χ2n) is 6.74. The number of hydrogen-bond acceptors (Lipinski definition) is 6. The molecule has 9 heteroatoms. The summed E-state index contributed by atoms with van der Waals surface area (Å²) < 4.78 is 1.81. The molecule has 0 bridgehead atoms. The van der Waals surface area contributed by atoms with Gasteiger partial charge in [0, 0.05) is 24.7 Å². The van der Waals surface area contributed by atoms with Gasteiger partial charge in [0.1, 0.15) is 17.6 Å². The van der Waals surface area contributed by atoms with Crippen LogP contribution in [0.1, 0.15) is 24.8 Å². The second-order valence-corrected chi connectivity index (χ2v) is 8.13. The Morgan fingerprint density at radius 1 is 1.21 bits per heavy atom. The van der Waals surface area contributed by atoms with Crippen LogP contribution in [-0.4, -0.2) is 33.5 Å². The molecule has 0 aliphatic carbocycles. The first-order valence-corrected chi connectivity index (χ1v) is 10.4. The summed E-state index contributed by atoms with van der Waals surface area (Å²) in [5, 5.41) is 4.22. The van der Waals surface area contributed by atoms with Gasteiger partial charge in [0.15, 0.2) is 10.8 Å². The van der Waals surface area contributed by atoms with Gasteiger partial charge in [-0.3, -0.25) is 14.2 Å². The van der Waals surface area contributed by atoms with Gasteiger partial charge in [-0.2, -0.15) is 4.98 Å². The quantitative estimate of drug-likeness (QED) is 0.690. The number of benzene rings is 1. The molecule has 0 saturated carbocycles. The number of hydrogen-bond donors (Lipinski definition) is 1. The van der Waals surface area contributed by atoms with Crippen molar-refractivity contribution in [1.82, 2.24) is 19.9 Å². The number of rotatable bonds is 5. The largest absolute Gasteiger partial charge is 0.350 e. The summed E-state index contributed by atoms with van der Waals surface area (Å²) >= 11 is 7.45. The smallest absolute Gasteiger partial charge is 0.273 e. The topological polar surface area (TPSA) is 80.1 Å². The number of fused-ring (bicyclic) bond motifs is 1. The molecule has 1 amide bonds. The Morgan fingerprint density at radius 2 is 2.00 bits per heavy atom. The maximum absolute atomic E-state index is 12.8. The summed E-state index contributed by atoms with van der Waals surface area (Å²) in [6.45, 7) is 2.13. The average molecular weight is 418 g/mol. The van der Waals surface area contributed by atoms with Crippen LogP contribution < -0.4 is 15.8 Å². The fourth-order valence-corrected chi connectivity index (χ4v) is 4.44. The molecule has 4 rings (SSSR count). The third-order valence-corrected chi connectivity index (χ3v) is 6.21. The van der Waals surface area contributed by atoms with Gasteiger partial charge >= 0.3 is 0 Å². The molecule has 3 aromatic rings. The standard InChI is InChI=1S/C19H20ClN5O2S/c20-14-7-3-2-6-13(14)10-21-15(26)11-25-12-22-17-16(18(25)27)28-19(23-17)24-8-4-1-5-9-24/h2-3,6-7,12H,1,4-5,8-11H2,(H,21,26). The number of piperidine rings is 1. The van der Waals surface area contributed by atoms with Gasteiger partial charge < -0.3 is 10.2 Å². The van der Waals surface area contributed by atoms with Crippen LogP contribution in [0.5, 0.6) is 0 Å².